The number of hydrogen-bond acceptors (Lipinski definition) is 5. The van der Waals surface area contributed by atoms with Crippen molar-refractivity contribution in [2.45, 2.75) is 84.2 Å². The molecule has 3 rings (SSSR count). The van der Waals surface area contributed by atoms with E-state index in [4.69, 9.17) is 4.74 Å². The summed E-state index contributed by atoms with van der Waals surface area (Å²) < 4.78 is 5.41. The molecule has 8 heteroatoms. The molecule has 1 aliphatic rings. The fourth-order valence-corrected chi connectivity index (χ4v) is 4.31. The van der Waals surface area contributed by atoms with Gasteiger partial charge in [0.15, 0.2) is 0 Å². The number of ether oxygens (including phenoxy) is 1. The number of nitrogens with one attached hydrogen (secondary N) is 2. The van der Waals surface area contributed by atoms with Gasteiger partial charge in [-0.25, -0.2) is 4.79 Å². The van der Waals surface area contributed by atoms with Crippen LogP contribution in [0.3, 0.4) is 0 Å². The van der Waals surface area contributed by atoms with Crippen LogP contribution in [0.2, 0.25) is 0 Å². The van der Waals surface area contributed by atoms with Crippen molar-refractivity contribution in [1.29, 1.82) is 0 Å². The van der Waals surface area contributed by atoms with Crippen LogP contribution >= 0.6 is 0 Å². The van der Waals surface area contributed by atoms with Crippen LogP contribution < -0.4 is 10.6 Å². The van der Waals surface area contributed by atoms with Gasteiger partial charge in [0.05, 0.1) is 0 Å². The number of phenols is 1. The first-order chi connectivity index (χ1) is 17.5. The van der Waals surface area contributed by atoms with E-state index in [1.807, 2.05) is 44.2 Å². The molecule has 0 saturated heterocycles. The van der Waals surface area contributed by atoms with E-state index in [-0.39, 0.29) is 29.5 Å². The third-order valence-corrected chi connectivity index (χ3v) is 6.35. The smallest absolute Gasteiger partial charge is 0.408 e. The molecule has 0 spiro atoms. The van der Waals surface area contributed by atoms with Crippen LogP contribution in [0.25, 0.3) is 0 Å². The Balaban J connectivity index is 1.95. The highest BCUT2D eigenvalue weighted by molar-refractivity contribution is 5.92. The van der Waals surface area contributed by atoms with Gasteiger partial charge in [0.25, 0.3) is 0 Å². The van der Waals surface area contributed by atoms with E-state index in [0.29, 0.717) is 12.1 Å². The summed E-state index contributed by atoms with van der Waals surface area (Å²) in [7, 11) is 0. The molecule has 2 unspecified atom stereocenters. The Morgan fingerprint density at radius 2 is 1.73 bits per heavy atom. The average molecular weight is 510 g/mol. The summed E-state index contributed by atoms with van der Waals surface area (Å²) in [5.41, 5.74) is 0.716. The number of benzene rings is 2. The molecule has 0 bridgehead atoms. The first kappa shape index (κ1) is 28.0. The van der Waals surface area contributed by atoms with Crippen LogP contribution in [0.5, 0.6) is 5.75 Å². The number of hydrogen-bond donors (Lipinski definition) is 3. The second-order valence-corrected chi connectivity index (χ2v) is 10.9. The Bertz CT molecular complexity index is 1080. The lowest BCUT2D eigenvalue weighted by atomic mass is 9.87. The summed E-state index contributed by atoms with van der Waals surface area (Å²) in [5, 5.41) is 15.9. The fourth-order valence-electron chi connectivity index (χ4n) is 4.31. The Morgan fingerprint density at radius 1 is 1.05 bits per heavy atom. The molecule has 2 aromatic carbocycles. The Kier molecular flexibility index (Phi) is 9.18. The molecule has 3 N–H and O–H groups in total. The number of carbonyl (C=O) groups is 3. The molecule has 0 radical (unpaired) electrons. The molecular formula is C29H39N3O5. The van der Waals surface area contributed by atoms with Crippen molar-refractivity contribution in [2.24, 2.45) is 5.92 Å². The third kappa shape index (κ3) is 7.71. The lowest BCUT2D eigenvalue weighted by Gasteiger charge is -2.44. The highest BCUT2D eigenvalue weighted by atomic mass is 16.6. The highest BCUT2D eigenvalue weighted by Crippen LogP contribution is 2.35. The normalized spacial score (nSPS) is 15.3. The van der Waals surface area contributed by atoms with E-state index in [2.05, 4.69) is 10.6 Å². The maximum Gasteiger partial charge on any atom is 0.408 e. The molecule has 2 aromatic rings. The van der Waals surface area contributed by atoms with Gasteiger partial charge in [0.2, 0.25) is 11.8 Å². The molecule has 0 heterocycles. The second kappa shape index (κ2) is 12.1. The molecule has 3 amide bonds. The molecule has 1 aliphatic carbocycles. The monoisotopic (exact) mass is 509 g/mol. The van der Waals surface area contributed by atoms with Crippen molar-refractivity contribution in [3.05, 3.63) is 65.7 Å². The standard InChI is InChI=1S/C29H39N3O5/c1-19(2)24(31-28(36)37-29(3,4)5)27(35)32(22-14-10-15-22)25(21-13-9-16-23(33)17-21)26(34)30-18-20-11-7-6-8-12-20/h6-9,11-13,16-17,19,22,24-25,33H,10,14-15,18H2,1-5H3,(H,30,34)(H,31,36). The molecular weight excluding hydrogens is 470 g/mol. The molecule has 37 heavy (non-hydrogen) atoms. The third-order valence-electron chi connectivity index (χ3n) is 6.35. The average Bonchev–Trinajstić information content (AvgIpc) is 2.78. The number of carbonyl (C=O) groups excluding carboxylic acids is 3. The number of rotatable bonds is 9. The van der Waals surface area contributed by atoms with Crippen molar-refractivity contribution in [2.75, 3.05) is 0 Å². The predicted molar refractivity (Wildman–Crippen MR) is 142 cm³/mol. The van der Waals surface area contributed by atoms with Crippen molar-refractivity contribution < 1.29 is 24.2 Å². The minimum absolute atomic E-state index is 0.00616. The quantitative estimate of drug-likeness (QED) is 0.455. The van der Waals surface area contributed by atoms with Gasteiger partial charge in [-0.1, -0.05) is 56.3 Å². The fraction of sp³-hybridized carbons (Fsp3) is 0.483. The van der Waals surface area contributed by atoms with E-state index >= 15 is 0 Å². The van der Waals surface area contributed by atoms with E-state index in [9.17, 15) is 19.5 Å². The summed E-state index contributed by atoms with van der Waals surface area (Å²) >= 11 is 0. The molecule has 8 nitrogen and oxygen atoms in total. The van der Waals surface area contributed by atoms with Gasteiger partial charge in [-0.05, 0) is 69.2 Å². The van der Waals surface area contributed by atoms with Crippen LogP contribution in [-0.4, -0.2) is 45.6 Å². The number of aromatic hydroxyl groups is 1. The number of alkyl carbamates (subject to hydrolysis) is 1. The zero-order chi connectivity index (χ0) is 27.2. The van der Waals surface area contributed by atoms with Gasteiger partial charge < -0.3 is 25.4 Å². The van der Waals surface area contributed by atoms with Gasteiger partial charge in [0.1, 0.15) is 23.4 Å². The topological polar surface area (TPSA) is 108 Å². The Morgan fingerprint density at radius 3 is 2.27 bits per heavy atom. The van der Waals surface area contributed by atoms with Gasteiger partial charge >= 0.3 is 6.09 Å². The van der Waals surface area contributed by atoms with Crippen molar-refractivity contribution >= 4 is 17.9 Å². The number of nitrogens with zero attached hydrogens (tertiary/aromatic N) is 1. The van der Waals surface area contributed by atoms with E-state index < -0.39 is 23.8 Å². The summed E-state index contributed by atoms with van der Waals surface area (Å²) in [6.45, 7) is 9.26. The summed E-state index contributed by atoms with van der Waals surface area (Å²) in [5.74, 6) is -0.949. The zero-order valence-electron chi connectivity index (χ0n) is 22.4. The number of phenolic OH excluding ortho intramolecular Hbond substituents is 1. The van der Waals surface area contributed by atoms with Crippen molar-refractivity contribution in [3.63, 3.8) is 0 Å². The summed E-state index contributed by atoms with van der Waals surface area (Å²) in [6.07, 6.45) is 1.77. The first-order valence-electron chi connectivity index (χ1n) is 12.9. The Hall–Kier alpha value is -3.55. The Labute approximate surface area is 219 Å². The minimum atomic E-state index is -0.977. The van der Waals surface area contributed by atoms with E-state index in [1.165, 1.54) is 12.1 Å². The molecule has 2 atom stereocenters. The first-order valence-corrected chi connectivity index (χ1v) is 12.9. The maximum absolute atomic E-state index is 14.1. The zero-order valence-corrected chi connectivity index (χ0v) is 22.4. The van der Waals surface area contributed by atoms with Crippen LogP contribution in [0.1, 0.15) is 71.0 Å². The van der Waals surface area contributed by atoms with Crippen LogP contribution in [0, 0.1) is 5.92 Å². The van der Waals surface area contributed by atoms with Gasteiger partial charge in [-0.15, -0.1) is 0 Å². The second-order valence-electron chi connectivity index (χ2n) is 10.9. The lowest BCUT2D eigenvalue weighted by molar-refractivity contribution is -0.148. The van der Waals surface area contributed by atoms with Crippen LogP contribution in [0.4, 0.5) is 4.79 Å². The van der Waals surface area contributed by atoms with E-state index in [0.717, 1.165) is 24.8 Å². The summed E-state index contributed by atoms with van der Waals surface area (Å²) in [4.78, 5) is 42.0. The molecule has 0 aliphatic heterocycles. The van der Waals surface area contributed by atoms with Crippen LogP contribution in [-0.2, 0) is 20.9 Å². The van der Waals surface area contributed by atoms with Gasteiger partial charge in [-0.3, -0.25) is 9.59 Å². The van der Waals surface area contributed by atoms with Crippen molar-refractivity contribution in [1.82, 2.24) is 15.5 Å². The van der Waals surface area contributed by atoms with E-state index in [1.54, 1.807) is 37.8 Å². The molecule has 200 valence electrons. The lowest BCUT2D eigenvalue weighted by Crippen LogP contribution is -2.58. The van der Waals surface area contributed by atoms with Crippen molar-refractivity contribution in [3.8, 4) is 5.75 Å². The largest absolute Gasteiger partial charge is 0.508 e. The number of amides is 3. The van der Waals surface area contributed by atoms with Gasteiger partial charge in [-0.2, -0.15) is 0 Å². The SMILES string of the molecule is CC(C)C(NC(=O)OC(C)(C)C)C(=O)N(C1CCC1)C(C(=O)NCc1ccccc1)c1cccc(O)c1. The molecule has 1 fully saturated rings. The highest BCUT2D eigenvalue weighted by Gasteiger charge is 2.42. The van der Waals surface area contributed by atoms with Crippen LogP contribution in [0.15, 0.2) is 54.6 Å². The van der Waals surface area contributed by atoms with Gasteiger partial charge in [0, 0.05) is 12.6 Å². The molecule has 0 aromatic heterocycles. The summed E-state index contributed by atoms with van der Waals surface area (Å²) in [6, 6.07) is 13.9. The minimum Gasteiger partial charge on any atom is -0.508 e. The maximum atomic E-state index is 14.1. The molecule has 1 saturated carbocycles. The predicted octanol–water partition coefficient (Wildman–Crippen LogP) is 4.68.